The van der Waals surface area contributed by atoms with Crippen molar-refractivity contribution in [1.29, 1.82) is 0 Å². The number of aliphatic hydroxyl groups is 1. The molecule has 0 aromatic carbocycles. The third-order valence-corrected chi connectivity index (χ3v) is 1.25. The van der Waals surface area contributed by atoms with Crippen LogP contribution in [0.2, 0.25) is 0 Å². The molecule has 0 aliphatic rings. The summed E-state index contributed by atoms with van der Waals surface area (Å²) in [5.74, 6) is -7.07. The van der Waals surface area contributed by atoms with Gasteiger partial charge < -0.3 is 44.7 Å². The summed E-state index contributed by atoms with van der Waals surface area (Å²) in [5, 5.41) is 47.8. The molecule has 0 rings (SSSR count). The molecule has 0 saturated heterocycles. The second-order valence-corrected chi connectivity index (χ2v) is 2.91. The van der Waals surface area contributed by atoms with Crippen LogP contribution < -0.4 is 20.4 Å². The van der Waals surface area contributed by atoms with Gasteiger partial charge in [0, 0.05) is 30.7 Å². The molecular weight excluding hydrogens is 371 g/mol. The van der Waals surface area contributed by atoms with E-state index in [0.29, 0.717) is 0 Å². The standard InChI is InChI=1S/C6H8O7.C2H4O2.2Zn/c7-3(8)1-6(13,5(11)12)2-4(9)10;1-2(3)4;;/h13H,1-2H2,(H,7,8)(H,9,10)(H,11,12);1H3,(H,3,4);;/q;;2*+2/p-4. The van der Waals surface area contributed by atoms with Gasteiger partial charge >= 0.3 is 39.0 Å². The van der Waals surface area contributed by atoms with E-state index >= 15 is 0 Å². The van der Waals surface area contributed by atoms with Crippen LogP contribution in [-0.4, -0.2) is 34.6 Å². The van der Waals surface area contributed by atoms with Gasteiger partial charge in [-0.2, -0.15) is 0 Å². The molecule has 0 aromatic heterocycles. The molecule has 0 spiro atoms. The third-order valence-electron chi connectivity index (χ3n) is 1.25. The van der Waals surface area contributed by atoms with Gasteiger partial charge in [0.2, 0.25) is 0 Å². The first-order valence-electron chi connectivity index (χ1n) is 4.02. The van der Waals surface area contributed by atoms with Crippen LogP contribution in [0.5, 0.6) is 0 Å². The molecular formula is C8H8O9Zn2. The van der Waals surface area contributed by atoms with Gasteiger partial charge in [-0.15, -0.1) is 0 Å². The number of rotatable bonds is 5. The van der Waals surface area contributed by atoms with Crippen LogP contribution in [0.4, 0.5) is 0 Å². The average molecular weight is 379 g/mol. The van der Waals surface area contributed by atoms with Crippen molar-refractivity contribution in [2.24, 2.45) is 0 Å². The van der Waals surface area contributed by atoms with Gasteiger partial charge in [0.05, 0.1) is 5.97 Å². The maximum absolute atomic E-state index is 10.1. The summed E-state index contributed by atoms with van der Waals surface area (Å²) in [4.78, 5) is 38.9. The van der Waals surface area contributed by atoms with Gasteiger partial charge in [0.1, 0.15) is 5.60 Å². The molecule has 0 fully saturated rings. The van der Waals surface area contributed by atoms with Crippen molar-refractivity contribution >= 4 is 23.9 Å². The largest absolute Gasteiger partial charge is 2.00 e. The monoisotopic (exact) mass is 376 g/mol. The van der Waals surface area contributed by atoms with Crippen LogP contribution in [0.1, 0.15) is 19.8 Å². The van der Waals surface area contributed by atoms with E-state index in [0.717, 1.165) is 6.92 Å². The minimum absolute atomic E-state index is 0. The Balaban J connectivity index is -0.000000165. The molecule has 11 heteroatoms. The minimum Gasteiger partial charge on any atom is -0.550 e. The summed E-state index contributed by atoms with van der Waals surface area (Å²) in [5.41, 5.74) is -2.97. The van der Waals surface area contributed by atoms with E-state index in [4.69, 9.17) is 15.0 Å². The fraction of sp³-hybridized carbons (Fsp3) is 0.500. The summed E-state index contributed by atoms with van der Waals surface area (Å²) in [6.07, 6.45) is -2.72. The zero-order chi connectivity index (χ0) is 14.2. The van der Waals surface area contributed by atoms with Crippen molar-refractivity contribution in [3.05, 3.63) is 0 Å². The molecule has 0 heterocycles. The number of carbonyl (C=O) groups is 4. The molecule has 0 saturated carbocycles. The van der Waals surface area contributed by atoms with E-state index in [1.54, 1.807) is 0 Å². The van der Waals surface area contributed by atoms with Gasteiger partial charge in [0.15, 0.2) is 0 Å². The Hall–Kier alpha value is -0.913. The average Bonchev–Trinajstić information content (AvgIpc) is 1.98. The summed E-state index contributed by atoms with van der Waals surface area (Å²) < 4.78 is 0. The van der Waals surface area contributed by atoms with E-state index in [9.17, 15) is 29.7 Å². The number of carboxylic acid groups (broad SMARTS) is 4. The van der Waals surface area contributed by atoms with Crippen molar-refractivity contribution in [2.45, 2.75) is 25.4 Å². The number of hydrogen-bond acceptors (Lipinski definition) is 9. The molecule has 0 radical (unpaired) electrons. The molecule has 0 aliphatic carbocycles. The number of carbonyl (C=O) groups excluding carboxylic acids is 4. The quantitative estimate of drug-likeness (QED) is 0.454. The summed E-state index contributed by atoms with van der Waals surface area (Å²) in [6.45, 7) is 0.972. The van der Waals surface area contributed by atoms with Crippen molar-refractivity contribution in [3.63, 3.8) is 0 Å². The van der Waals surface area contributed by atoms with Crippen molar-refractivity contribution in [3.8, 4) is 0 Å². The summed E-state index contributed by atoms with van der Waals surface area (Å²) in [6, 6.07) is 0. The first-order valence-corrected chi connectivity index (χ1v) is 4.02. The zero-order valence-corrected chi connectivity index (χ0v) is 16.0. The smallest absolute Gasteiger partial charge is 0.550 e. The van der Waals surface area contributed by atoms with Crippen LogP contribution in [0.3, 0.4) is 0 Å². The Kier molecular flexibility index (Phi) is 17.0. The van der Waals surface area contributed by atoms with Crippen LogP contribution >= 0.6 is 0 Å². The summed E-state index contributed by atoms with van der Waals surface area (Å²) in [7, 11) is 0. The molecule has 98 valence electrons. The second-order valence-electron chi connectivity index (χ2n) is 2.91. The predicted molar refractivity (Wildman–Crippen MR) is 39.9 cm³/mol. The maximum atomic E-state index is 10.1. The Morgan fingerprint density at radius 1 is 0.895 bits per heavy atom. The molecule has 0 atom stereocenters. The molecule has 0 bridgehead atoms. The number of carboxylic acids is 4. The summed E-state index contributed by atoms with van der Waals surface area (Å²) >= 11 is 0. The zero-order valence-electron chi connectivity index (χ0n) is 10.0. The molecule has 0 aliphatic heterocycles. The fourth-order valence-electron chi connectivity index (χ4n) is 0.684. The van der Waals surface area contributed by atoms with Crippen LogP contribution in [0.25, 0.3) is 0 Å². The van der Waals surface area contributed by atoms with Crippen molar-refractivity contribution in [1.82, 2.24) is 0 Å². The van der Waals surface area contributed by atoms with Crippen LogP contribution in [-0.2, 0) is 58.1 Å². The van der Waals surface area contributed by atoms with Gasteiger partial charge in [0.25, 0.3) is 0 Å². The number of aliphatic carboxylic acids is 4. The third kappa shape index (κ3) is 17.1. The Morgan fingerprint density at radius 2 is 1.11 bits per heavy atom. The van der Waals surface area contributed by atoms with E-state index in [1.807, 2.05) is 0 Å². The predicted octanol–water partition coefficient (Wildman–Crippen LogP) is -6.50. The molecule has 0 aromatic rings. The van der Waals surface area contributed by atoms with E-state index in [2.05, 4.69) is 0 Å². The van der Waals surface area contributed by atoms with Crippen LogP contribution in [0, 0.1) is 0 Å². The first kappa shape index (κ1) is 26.6. The van der Waals surface area contributed by atoms with Gasteiger partial charge in [-0.3, -0.25) is 0 Å². The fourth-order valence-corrected chi connectivity index (χ4v) is 0.684. The Bertz CT molecular complexity index is 308. The number of hydrogen-bond donors (Lipinski definition) is 1. The maximum Gasteiger partial charge on any atom is 2.00 e. The molecule has 0 unspecified atom stereocenters. The molecule has 9 nitrogen and oxygen atoms in total. The topological polar surface area (TPSA) is 181 Å². The van der Waals surface area contributed by atoms with E-state index in [1.165, 1.54) is 0 Å². The van der Waals surface area contributed by atoms with Crippen molar-refractivity contribution < 1.29 is 83.7 Å². The van der Waals surface area contributed by atoms with Gasteiger partial charge in [-0.1, -0.05) is 0 Å². The Labute approximate surface area is 133 Å². The van der Waals surface area contributed by atoms with Crippen molar-refractivity contribution in [2.75, 3.05) is 0 Å². The van der Waals surface area contributed by atoms with Gasteiger partial charge in [-0.05, 0) is 6.92 Å². The SMILES string of the molecule is CC(=O)[O-].O=C([O-])CC(O)(CC(=O)[O-])C(=O)[O-].[Zn+2].[Zn+2]. The van der Waals surface area contributed by atoms with Gasteiger partial charge in [-0.25, -0.2) is 0 Å². The second kappa shape index (κ2) is 12.1. The molecule has 0 amide bonds. The van der Waals surface area contributed by atoms with E-state index < -0.39 is 42.3 Å². The first-order chi connectivity index (χ1) is 7.51. The normalized spacial score (nSPS) is 8.74. The van der Waals surface area contributed by atoms with E-state index in [-0.39, 0.29) is 39.0 Å². The molecule has 19 heavy (non-hydrogen) atoms. The van der Waals surface area contributed by atoms with Crippen LogP contribution in [0.15, 0.2) is 0 Å². The molecule has 1 N–H and O–H groups in total. The Morgan fingerprint density at radius 3 is 1.21 bits per heavy atom. The minimum atomic E-state index is -2.97.